The lowest BCUT2D eigenvalue weighted by atomic mass is 10.0. The Bertz CT molecular complexity index is 797. The quantitative estimate of drug-likeness (QED) is 0.0353. The fourth-order valence-electron chi connectivity index (χ4n) is 5.75. The largest absolute Gasteiger partial charge is 0.480 e. The average Bonchev–Trinajstić information content (AvgIpc) is 3.05. The first-order valence-electron chi connectivity index (χ1n) is 19.7. The normalized spacial score (nSPS) is 12.9. The maximum absolute atomic E-state index is 12.6. The second-order valence-corrected chi connectivity index (χ2v) is 13.3. The summed E-state index contributed by atoms with van der Waals surface area (Å²) in [6.45, 7) is 4.90. The van der Waals surface area contributed by atoms with E-state index in [9.17, 15) is 19.5 Å². The van der Waals surface area contributed by atoms with Crippen molar-refractivity contribution in [1.82, 2.24) is 5.32 Å². The molecule has 0 spiro atoms. The van der Waals surface area contributed by atoms with Crippen LogP contribution in [-0.4, -0.2) is 41.6 Å². The van der Waals surface area contributed by atoms with Crippen molar-refractivity contribution in [2.24, 2.45) is 5.73 Å². The highest BCUT2D eigenvalue weighted by molar-refractivity contribution is 5.83. The molecular weight excluding hydrogens is 588 g/mol. The van der Waals surface area contributed by atoms with Crippen LogP contribution < -0.4 is 11.1 Å². The lowest BCUT2D eigenvalue weighted by Gasteiger charge is -2.15. The fraction of sp³-hybridized carbons (Fsp3) is 0.825. The number of hydrogen-bond donors (Lipinski definition) is 3. The SMILES string of the molecule is CCCCC/C=C\C/C=C\C(CCCCCCCCC(=O)NC(CCCN)C(=O)O)OC(=O)CCCCCCCCCCCCCC. The number of carbonyl (C=O) groups is 3. The van der Waals surface area contributed by atoms with Crippen molar-refractivity contribution in [3.63, 3.8) is 0 Å². The highest BCUT2D eigenvalue weighted by atomic mass is 16.5. The maximum Gasteiger partial charge on any atom is 0.326 e. The van der Waals surface area contributed by atoms with Crippen LogP contribution in [0.15, 0.2) is 24.3 Å². The molecule has 0 saturated carbocycles. The van der Waals surface area contributed by atoms with E-state index in [0.717, 1.165) is 70.6 Å². The van der Waals surface area contributed by atoms with Gasteiger partial charge in [0.2, 0.25) is 5.91 Å². The molecule has 2 unspecified atom stereocenters. The van der Waals surface area contributed by atoms with Gasteiger partial charge in [-0.15, -0.1) is 0 Å². The summed E-state index contributed by atoms with van der Waals surface area (Å²) in [7, 11) is 0. The van der Waals surface area contributed by atoms with Gasteiger partial charge in [-0.2, -0.15) is 0 Å². The van der Waals surface area contributed by atoms with Gasteiger partial charge < -0.3 is 20.9 Å². The Balaban J connectivity index is 4.30. The Kier molecular flexibility index (Phi) is 33.6. The third kappa shape index (κ3) is 32.2. The number of carbonyl (C=O) groups excluding carboxylic acids is 2. The molecule has 4 N–H and O–H groups in total. The maximum atomic E-state index is 12.6. The van der Waals surface area contributed by atoms with Crippen LogP contribution >= 0.6 is 0 Å². The van der Waals surface area contributed by atoms with E-state index < -0.39 is 12.0 Å². The molecule has 0 aliphatic heterocycles. The summed E-state index contributed by atoms with van der Waals surface area (Å²) in [5.74, 6) is -1.28. The molecule has 0 rings (SSSR count). The Morgan fingerprint density at radius 1 is 0.638 bits per heavy atom. The van der Waals surface area contributed by atoms with Crippen LogP contribution in [-0.2, 0) is 19.1 Å². The number of ether oxygens (including phenoxy) is 1. The number of hydrogen-bond acceptors (Lipinski definition) is 5. The number of carboxylic acid groups (broad SMARTS) is 1. The van der Waals surface area contributed by atoms with E-state index in [2.05, 4.69) is 43.5 Å². The summed E-state index contributed by atoms with van der Waals surface area (Å²) in [6.07, 6.45) is 38.1. The Hall–Kier alpha value is -2.15. The molecule has 0 heterocycles. The summed E-state index contributed by atoms with van der Waals surface area (Å²) in [5, 5.41) is 11.9. The van der Waals surface area contributed by atoms with E-state index in [1.165, 1.54) is 83.5 Å². The van der Waals surface area contributed by atoms with E-state index in [1.54, 1.807) is 0 Å². The van der Waals surface area contributed by atoms with Gasteiger partial charge in [-0.3, -0.25) is 9.59 Å². The Labute approximate surface area is 289 Å². The van der Waals surface area contributed by atoms with Gasteiger partial charge in [-0.1, -0.05) is 141 Å². The van der Waals surface area contributed by atoms with Gasteiger partial charge in [0.25, 0.3) is 0 Å². The molecule has 0 aromatic rings. The summed E-state index contributed by atoms with van der Waals surface area (Å²) in [4.78, 5) is 36.1. The number of aliphatic carboxylic acids is 1. The van der Waals surface area contributed by atoms with Crippen LogP contribution in [0, 0.1) is 0 Å². The third-order valence-corrected chi connectivity index (χ3v) is 8.75. The Morgan fingerprint density at radius 3 is 1.74 bits per heavy atom. The average molecular weight is 663 g/mol. The molecule has 7 nitrogen and oxygen atoms in total. The second-order valence-electron chi connectivity index (χ2n) is 13.3. The zero-order valence-corrected chi connectivity index (χ0v) is 30.6. The van der Waals surface area contributed by atoms with Crippen LogP contribution in [0.5, 0.6) is 0 Å². The van der Waals surface area contributed by atoms with Gasteiger partial charge in [0.05, 0.1) is 0 Å². The Morgan fingerprint density at radius 2 is 1.17 bits per heavy atom. The van der Waals surface area contributed by atoms with Crippen molar-refractivity contribution in [2.45, 2.75) is 206 Å². The van der Waals surface area contributed by atoms with Crippen molar-refractivity contribution in [3.8, 4) is 0 Å². The smallest absolute Gasteiger partial charge is 0.326 e. The molecule has 1 amide bonds. The van der Waals surface area contributed by atoms with Gasteiger partial charge in [-0.05, 0) is 70.4 Å². The minimum atomic E-state index is -1.01. The molecule has 47 heavy (non-hydrogen) atoms. The zero-order chi connectivity index (χ0) is 34.6. The van der Waals surface area contributed by atoms with Crippen LogP contribution in [0.2, 0.25) is 0 Å². The van der Waals surface area contributed by atoms with Gasteiger partial charge in [0.15, 0.2) is 0 Å². The van der Waals surface area contributed by atoms with Crippen molar-refractivity contribution >= 4 is 17.8 Å². The van der Waals surface area contributed by atoms with Crippen molar-refractivity contribution in [3.05, 3.63) is 24.3 Å². The third-order valence-electron chi connectivity index (χ3n) is 8.75. The van der Waals surface area contributed by atoms with Crippen LogP contribution in [0.1, 0.15) is 194 Å². The zero-order valence-electron chi connectivity index (χ0n) is 30.6. The molecule has 0 bridgehead atoms. The summed E-state index contributed by atoms with van der Waals surface area (Å²) in [5.41, 5.74) is 5.46. The van der Waals surface area contributed by atoms with Crippen molar-refractivity contribution in [2.75, 3.05) is 6.54 Å². The molecule has 0 aromatic heterocycles. The first-order chi connectivity index (χ1) is 22.9. The number of rotatable bonds is 35. The van der Waals surface area contributed by atoms with Crippen molar-refractivity contribution in [1.29, 1.82) is 0 Å². The van der Waals surface area contributed by atoms with Gasteiger partial charge in [0.1, 0.15) is 12.1 Å². The predicted octanol–water partition coefficient (Wildman–Crippen LogP) is 10.5. The number of unbranched alkanes of at least 4 members (excludes halogenated alkanes) is 19. The van der Waals surface area contributed by atoms with Crippen LogP contribution in [0.25, 0.3) is 0 Å². The van der Waals surface area contributed by atoms with E-state index in [0.29, 0.717) is 32.2 Å². The number of nitrogens with two attached hydrogens (primary N) is 1. The first kappa shape index (κ1) is 44.9. The number of carboxylic acids is 1. The topological polar surface area (TPSA) is 119 Å². The molecule has 7 heteroatoms. The first-order valence-corrected chi connectivity index (χ1v) is 19.7. The van der Waals surface area contributed by atoms with Gasteiger partial charge in [0, 0.05) is 12.8 Å². The number of allylic oxidation sites excluding steroid dienone is 3. The summed E-state index contributed by atoms with van der Waals surface area (Å²) < 4.78 is 5.91. The highest BCUT2D eigenvalue weighted by Gasteiger charge is 2.18. The monoisotopic (exact) mass is 663 g/mol. The van der Waals surface area contributed by atoms with Crippen LogP contribution in [0.4, 0.5) is 0 Å². The molecule has 0 aliphatic carbocycles. The van der Waals surface area contributed by atoms with Crippen LogP contribution in [0.3, 0.4) is 0 Å². The molecule has 2 atom stereocenters. The summed E-state index contributed by atoms with van der Waals surface area (Å²) in [6, 6.07) is -0.853. The summed E-state index contributed by atoms with van der Waals surface area (Å²) >= 11 is 0. The minimum Gasteiger partial charge on any atom is -0.480 e. The minimum absolute atomic E-state index is 0.0757. The van der Waals surface area contributed by atoms with E-state index >= 15 is 0 Å². The molecule has 0 saturated heterocycles. The molecular formula is C40H74N2O5. The molecule has 0 fully saturated rings. The molecule has 0 aliphatic rings. The van der Waals surface area contributed by atoms with E-state index in [4.69, 9.17) is 10.5 Å². The lowest BCUT2D eigenvalue weighted by molar-refractivity contribution is -0.147. The highest BCUT2D eigenvalue weighted by Crippen LogP contribution is 2.16. The second kappa shape index (κ2) is 35.2. The standard InChI is InChI=1S/C40H74N2O5/c1-3-5-7-9-11-13-14-15-16-18-24-28-34-39(44)47-36(30-25-21-17-12-10-8-6-4-2)31-26-22-19-20-23-27-33-38(43)42-37(40(45)46)32-29-35-41/h12,17,25,30,36-37H,3-11,13-16,18-24,26-29,31-35,41H2,1-2H3,(H,42,43)(H,45,46)/b17-12-,30-25-. The van der Waals surface area contributed by atoms with Crippen molar-refractivity contribution < 1.29 is 24.2 Å². The molecule has 0 aromatic carbocycles. The van der Waals surface area contributed by atoms with Gasteiger partial charge in [-0.25, -0.2) is 4.79 Å². The van der Waals surface area contributed by atoms with Gasteiger partial charge >= 0.3 is 11.9 Å². The molecule has 0 radical (unpaired) electrons. The number of amides is 1. The lowest BCUT2D eigenvalue weighted by Crippen LogP contribution is -2.40. The van der Waals surface area contributed by atoms with E-state index in [1.807, 2.05) is 0 Å². The predicted molar refractivity (Wildman–Crippen MR) is 197 cm³/mol. The molecule has 274 valence electrons. The number of esters is 1. The number of nitrogens with one attached hydrogen (secondary N) is 1. The van der Waals surface area contributed by atoms with E-state index in [-0.39, 0.29) is 18.0 Å². The fourth-order valence-corrected chi connectivity index (χ4v) is 5.75.